The van der Waals surface area contributed by atoms with Crippen LogP contribution in [0.5, 0.6) is 5.75 Å². The van der Waals surface area contributed by atoms with Crippen LogP contribution in [-0.4, -0.2) is 28.3 Å². The quantitative estimate of drug-likeness (QED) is 0.798. The lowest BCUT2D eigenvalue weighted by Gasteiger charge is -2.25. The smallest absolute Gasteiger partial charge is 0.274 e. The largest absolute Gasteiger partial charge is 0.497 e. The number of nitrogens with zero attached hydrogens (tertiary/aromatic N) is 2. The fourth-order valence-electron chi connectivity index (χ4n) is 3.39. The van der Waals surface area contributed by atoms with Gasteiger partial charge < -0.3 is 4.74 Å². The van der Waals surface area contributed by atoms with E-state index in [0.29, 0.717) is 0 Å². The van der Waals surface area contributed by atoms with Crippen LogP contribution in [0, 0.1) is 0 Å². The summed E-state index contributed by atoms with van der Waals surface area (Å²) < 4.78 is 6.89. The maximum Gasteiger partial charge on any atom is 0.274 e. The number of rotatable bonds is 4. The number of benzene rings is 2. The first-order valence-electron chi connectivity index (χ1n) is 8.48. The van der Waals surface area contributed by atoms with Crippen molar-refractivity contribution in [3.63, 3.8) is 0 Å². The van der Waals surface area contributed by atoms with E-state index in [9.17, 15) is 4.79 Å². The van der Waals surface area contributed by atoms with Crippen LogP contribution in [0.4, 0.5) is 0 Å². The molecule has 1 N–H and O–H groups in total. The van der Waals surface area contributed by atoms with E-state index in [0.717, 1.165) is 48.7 Å². The van der Waals surface area contributed by atoms with Crippen molar-refractivity contribution >= 4 is 0 Å². The third-order valence-corrected chi connectivity index (χ3v) is 4.69. The molecule has 4 rings (SSSR count). The summed E-state index contributed by atoms with van der Waals surface area (Å²) in [5.74, 6) is 0.739. The molecule has 0 saturated heterocycles. The predicted octanol–water partition coefficient (Wildman–Crippen LogP) is 2.73. The molecule has 0 aliphatic carbocycles. The monoisotopic (exact) mass is 335 g/mol. The highest BCUT2D eigenvalue weighted by Gasteiger charge is 2.23. The second-order valence-corrected chi connectivity index (χ2v) is 6.36. The average molecular weight is 335 g/mol. The van der Waals surface area contributed by atoms with Gasteiger partial charge in [-0.1, -0.05) is 36.4 Å². The lowest BCUT2D eigenvalue weighted by molar-refractivity contribution is 0.242. The zero-order chi connectivity index (χ0) is 17.2. The van der Waals surface area contributed by atoms with E-state index in [-0.39, 0.29) is 5.56 Å². The zero-order valence-corrected chi connectivity index (χ0v) is 14.2. The first-order valence-corrected chi connectivity index (χ1v) is 8.48. The summed E-state index contributed by atoms with van der Waals surface area (Å²) in [6.07, 6.45) is 0.772. The van der Waals surface area contributed by atoms with E-state index in [1.54, 1.807) is 11.8 Å². The van der Waals surface area contributed by atoms with Crippen LogP contribution >= 0.6 is 0 Å². The molecule has 5 heteroatoms. The van der Waals surface area contributed by atoms with E-state index in [2.05, 4.69) is 34.3 Å². The van der Waals surface area contributed by atoms with Crippen LogP contribution in [0.15, 0.2) is 59.4 Å². The van der Waals surface area contributed by atoms with Gasteiger partial charge in [0.25, 0.3) is 5.56 Å². The summed E-state index contributed by atoms with van der Waals surface area (Å²) >= 11 is 0. The van der Waals surface area contributed by atoms with E-state index >= 15 is 0 Å². The number of hydrogen-bond acceptors (Lipinski definition) is 3. The third-order valence-electron chi connectivity index (χ3n) is 4.69. The van der Waals surface area contributed by atoms with Crippen LogP contribution in [0.3, 0.4) is 0 Å². The number of fused-ring (bicyclic) bond motifs is 1. The van der Waals surface area contributed by atoms with Crippen LogP contribution in [0.25, 0.3) is 5.69 Å². The van der Waals surface area contributed by atoms with Crippen molar-refractivity contribution in [1.29, 1.82) is 0 Å². The van der Waals surface area contributed by atoms with Gasteiger partial charge in [-0.15, -0.1) is 0 Å². The van der Waals surface area contributed by atoms with Gasteiger partial charge in [0.15, 0.2) is 0 Å². The van der Waals surface area contributed by atoms with Crippen molar-refractivity contribution in [2.24, 2.45) is 0 Å². The van der Waals surface area contributed by atoms with Gasteiger partial charge in [0.05, 0.1) is 18.5 Å². The van der Waals surface area contributed by atoms with Crippen molar-refractivity contribution < 1.29 is 4.74 Å². The van der Waals surface area contributed by atoms with E-state index < -0.39 is 0 Å². The molecule has 0 fully saturated rings. The number of H-pyrrole nitrogens is 1. The van der Waals surface area contributed by atoms with Crippen molar-refractivity contribution in [2.75, 3.05) is 13.7 Å². The Morgan fingerprint density at radius 1 is 1.12 bits per heavy atom. The number of aromatic amines is 1. The molecule has 0 bridgehead atoms. The maximum atomic E-state index is 12.8. The molecule has 2 aromatic carbocycles. The van der Waals surface area contributed by atoms with Gasteiger partial charge in [-0.3, -0.25) is 14.8 Å². The fraction of sp³-hybridized carbons (Fsp3) is 0.250. The molecule has 1 aliphatic rings. The highest BCUT2D eigenvalue weighted by Crippen LogP contribution is 2.20. The Bertz CT molecular complexity index is 928. The molecule has 3 aromatic rings. The van der Waals surface area contributed by atoms with Crippen molar-refractivity contribution in [3.8, 4) is 11.4 Å². The summed E-state index contributed by atoms with van der Waals surface area (Å²) in [5, 5.41) is 3.29. The number of methoxy groups -OCH3 is 1. The number of ether oxygens (including phenoxy) is 1. The molecule has 1 aromatic heterocycles. The van der Waals surface area contributed by atoms with Crippen LogP contribution in [-0.2, 0) is 19.5 Å². The molecule has 2 heterocycles. The molecule has 1 aliphatic heterocycles. The Hall–Kier alpha value is -2.79. The molecule has 0 spiro atoms. The van der Waals surface area contributed by atoms with Gasteiger partial charge in [-0.05, 0) is 24.1 Å². The van der Waals surface area contributed by atoms with Crippen molar-refractivity contribution in [1.82, 2.24) is 14.7 Å². The Kier molecular flexibility index (Phi) is 4.15. The zero-order valence-electron chi connectivity index (χ0n) is 14.2. The lowest BCUT2D eigenvalue weighted by Crippen LogP contribution is -2.31. The highest BCUT2D eigenvalue weighted by atomic mass is 16.5. The van der Waals surface area contributed by atoms with Gasteiger partial charge >= 0.3 is 0 Å². The average Bonchev–Trinajstić information content (AvgIpc) is 2.99. The van der Waals surface area contributed by atoms with Crippen molar-refractivity contribution in [2.45, 2.75) is 19.5 Å². The molecule has 0 saturated carbocycles. The van der Waals surface area contributed by atoms with Crippen LogP contribution in [0.1, 0.15) is 16.8 Å². The minimum atomic E-state index is 0.0441. The standard InChI is InChI=1S/C20H21N3O2/c1-25-17-9-5-8-16(12-17)23-20(24)18-10-11-22(14-19(18)21-23)13-15-6-3-2-4-7-15/h2-9,12,21H,10-11,13-14H2,1H3. The van der Waals surface area contributed by atoms with Gasteiger partial charge in [-0.2, -0.15) is 0 Å². The lowest BCUT2D eigenvalue weighted by atomic mass is 10.1. The fourth-order valence-corrected chi connectivity index (χ4v) is 3.39. The molecule has 0 amide bonds. The predicted molar refractivity (Wildman–Crippen MR) is 97.2 cm³/mol. The van der Waals surface area contributed by atoms with Crippen molar-refractivity contribution in [3.05, 3.63) is 81.8 Å². The molecule has 25 heavy (non-hydrogen) atoms. The summed E-state index contributed by atoms with van der Waals surface area (Å²) in [4.78, 5) is 15.1. The van der Waals surface area contributed by atoms with Gasteiger partial charge in [0.1, 0.15) is 5.75 Å². The molecular formula is C20H21N3O2. The summed E-state index contributed by atoms with van der Waals surface area (Å²) in [6.45, 7) is 2.55. The second-order valence-electron chi connectivity index (χ2n) is 6.36. The summed E-state index contributed by atoms with van der Waals surface area (Å²) in [6, 6.07) is 18.0. The number of nitrogens with one attached hydrogen (secondary N) is 1. The van der Waals surface area contributed by atoms with Crippen LogP contribution in [0.2, 0.25) is 0 Å². The van der Waals surface area contributed by atoms with Crippen LogP contribution < -0.4 is 10.3 Å². The second kappa shape index (κ2) is 6.61. The number of hydrogen-bond donors (Lipinski definition) is 1. The molecule has 0 atom stereocenters. The van der Waals surface area contributed by atoms with Gasteiger partial charge in [0.2, 0.25) is 0 Å². The molecule has 5 nitrogen and oxygen atoms in total. The van der Waals surface area contributed by atoms with E-state index in [1.165, 1.54) is 5.56 Å². The SMILES string of the molecule is COc1cccc(-n2[nH]c3c(c2=O)CCN(Cc2ccccc2)C3)c1. The first-order chi connectivity index (χ1) is 12.2. The van der Waals surface area contributed by atoms with Gasteiger partial charge in [0, 0.05) is 31.3 Å². The molecule has 128 valence electrons. The topological polar surface area (TPSA) is 50.3 Å². The third kappa shape index (κ3) is 3.10. The maximum absolute atomic E-state index is 12.8. The normalized spacial score (nSPS) is 14.3. The first kappa shape index (κ1) is 15.7. The Balaban J connectivity index is 1.60. The van der Waals surface area contributed by atoms with E-state index in [1.807, 2.05) is 30.3 Å². The van der Waals surface area contributed by atoms with Gasteiger partial charge in [-0.25, -0.2) is 4.68 Å². The Morgan fingerprint density at radius 2 is 1.96 bits per heavy atom. The van der Waals surface area contributed by atoms with E-state index in [4.69, 9.17) is 4.74 Å². The minimum Gasteiger partial charge on any atom is -0.497 e. The molecule has 0 radical (unpaired) electrons. The molecular weight excluding hydrogens is 314 g/mol. The Morgan fingerprint density at radius 3 is 2.76 bits per heavy atom. The number of aromatic nitrogens is 2. The summed E-state index contributed by atoms with van der Waals surface area (Å²) in [7, 11) is 1.63. The highest BCUT2D eigenvalue weighted by molar-refractivity contribution is 5.40. The minimum absolute atomic E-state index is 0.0441. The molecule has 0 unspecified atom stereocenters. The Labute approximate surface area is 146 Å². The summed E-state index contributed by atoms with van der Waals surface area (Å²) in [5.41, 5.74) is 4.04.